The van der Waals surface area contributed by atoms with Gasteiger partial charge in [0.1, 0.15) is 0 Å². The van der Waals surface area contributed by atoms with Crippen molar-refractivity contribution in [3.05, 3.63) is 0 Å². The Morgan fingerprint density at radius 2 is 0.457 bits per heavy atom. The molecule has 0 unspecified atom stereocenters. The predicted octanol–water partition coefficient (Wildman–Crippen LogP) is 13.5. The molecule has 0 aromatic rings. The summed E-state index contributed by atoms with van der Waals surface area (Å²) < 4.78 is 0. The van der Waals surface area contributed by atoms with E-state index in [1.165, 1.54) is 185 Å². The minimum absolute atomic E-state index is 1.33. The quantitative estimate of drug-likeness (QED) is 0.0663. The van der Waals surface area contributed by atoms with Crippen LogP contribution >= 0.6 is 17.2 Å². The molecule has 0 radical (unpaired) electrons. The van der Waals surface area contributed by atoms with E-state index >= 15 is 0 Å². The van der Waals surface area contributed by atoms with Crippen LogP contribution in [0.5, 0.6) is 0 Å². The summed E-state index contributed by atoms with van der Waals surface area (Å²) in [5, 5.41) is 0. The molecule has 0 bridgehead atoms. The molecule has 214 valence electrons. The maximum absolute atomic E-state index is 7.90. The fraction of sp³-hybridized carbons (Fsp3) is 1.00. The standard InChI is InChI=1S/C33H70ClP/c1-5-9-13-14-15-16-17-18-19-20-21-22-23-24-25-29-33-35(34,30-26-10-6-2,31-27-11-7-3)32-28-12-8-4/h5-33H2,1-4H3. The van der Waals surface area contributed by atoms with Crippen LogP contribution in [0.25, 0.3) is 0 Å². The predicted molar refractivity (Wildman–Crippen MR) is 170 cm³/mol. The summed E-state index contributed by atoms with van der Waals surface area (Å²) in [6.07, 6.45) is 41.1. The zero-order chi connectivity index (χ0) is 26.0. The minimum atomic E-state index is -2.03. The number of rotatable bonds is 29. The first-order valence-electron chi connectivity index (χ1n) is 16.8. The second-order valence-corrected chi connectivity index (χ2v) is 20.4. The molecule has 35 heavy (non-hydrogen) atoms. The second kappa shape index (κ2) is 25.0. The van der Waals surface area contributed by atoms with E-state index in [1.54, 1.807) is 0 Å². The molecule has 0 aromatic carbocycles. The van der Waals surface area contributed by atoms with Crippen LogP contribution in [0.2, 0.25) is 0 Å². The Bertz CT molecular complexity index is 392. The molecule has 0 rings (SSSR count). The van der Waals surface area contributed by atoms with Gasteiger partial charge in [0.15, 0.2) is 0 Å². The van der Waals surface area contributed by atoms with E-state index in [4.69, 9.17) is 11.2 Å². The summed E-state index contributed by atoms with van der Waals surface area (Å²) in [4.78, 5) is 0. The van der Waals surface area contributed by atoms with Crippen molar-refractivity contribution in [2.75, 3.05) is 24.6 Å². The van der Waals surface area contributed by atoms with Gasteiger partial charge in [-0.1, -0.05) is 39.0 Å². The Morgan fingerprint density at radius 1 is 0.286 bits per heavy atom. The van der Waals surface area contributed by atoms with Crippen LogP contribution in [0.4, 0.5) is 0 Å². The van der Waals surface area contributed by atoms with Gasteiger partial charge in [0.25, 0.3) is 0 Å². The summed E-state index contributed by atoms with van der Waals surface area (Å²) in [5.41, 5.74) is 0. The average Bonchev–Trinajstić information content (AvgIpc) is 2.84. The zero-order valence-electron chi connectivity index (χ0n) is 25.3. The van der Waals surface area contributed by atoms with Crippen molar-refractivity contribution in [3.8, 4) is 0 Å². The monoisotopic (exact) mass is 532 g/mol. The zero-order valence-corrected chi connectivity index (χ0v) is 27.0. The molecule has 0 aliphatic heterocycles. The van der Waals surface area contributed by atoms with Gasteiger partial charge in [0, 0.05) is 0 Å². The SMILES string of the molecule is CCCCCCCCCCCCCCCCCCP(Cl)(CCCCC)(CCCCC)CCCCC. The van der Waals surface area contributed by atoms with Crippen LogP contribution in [0.15, 0.2) is 0 Å². The summed E-state index contributed by atoms with van der Waals surface area (Å²) in [5.74, 6) is -2.03. The van der Waals surface area contributed by atoms with Gasteiger partial charge in [-0.2, -0.15) is 0 Å². The fourth-order valence-electron chi connectivity index (χ4n) is 6.00. The van der Waals surface area contributed by atoms with Crippen LogP contribution < -0.4 is 0 Å². The van der Waals surface area contributed by atoms with E-state index in [9.17, 15) is 0 Å². The van der Waals surface area contributed by atoms with Crippen molar-refractivity contribution in [2.45, 2.75) is 188 Å². The molecule has 2 heteroatoms. The van der Waals surface area contributed by atoms with E-state index in [0.29, 0.717) is 0 Å². The van der Waals surface area contributed by atoms with Crippen molar-refractivity contribution in [1.29, 1.82) is 0 Å². The molecule has 0 heterocycles. The normalized spacial score (nSPS) is 13.2. The first kappa shape index (κ1) is 35.7. The third-order valence-corrected chi connectivity index (χ3v) is 16.3. The first-order chi connectivity index (χ1) is 17.0. The molecular formula is C33H70ClP. The van der Waals surface area contributed by atoms with Crippen LogP contribution in [0.1, 0.15) is 188 Å². The molecular weight excluding hydrogens is 463 g/mol. The van der Waals surface area contributed by atoms with E-state index in [2.05, 4.69) is 27.7 Å². The van der Waals surface area contributed by atoms with Crippen molar-refractivity contribution in [1.82, 2.24) is 0 Å². The van der Waals surface area contributed by atoms with Crippen molar-refractivity contribution < 1.29 is 0 Å². The van der Waals surface area contributed by atoms with E-state index in [0.717, 1.165) is 0 Å². The van der Waals surface area contributed by atoms with Gasteiger partial charge in [-0.05, 0) is 0 Å². The topological polar surface area (TPSA) is 0 Å². The molecule has 0 amide bonds. The molecule has 0 aromatic heterocycles. The van der Waals surface area contributed by atoms with Crippen LogP contribution in [-0.4, -0.2) is 24.6 Å². The van der Waals surface area contributed by atoms with E-state index in [-0.39, 0.29) is 0 Å². The van der Waals surface area contributed by atoms with Gasteiger partial charge in [0.2, 0.25) is 0 Å². The van der Waals surface area contributed by atoms with E-state index in [1.807, 2.05) is 0 Å². The molecule has 0 spiro atoms. The van der Waals surface area contributed by atoms with Crippen LogP contribution in [-0.2, 0) is 0 Å². The first-order valence-corrected chi connectivity index (χ1v) is 20.6. The molecule has 0 saturated heterocycles. The molecule has 0 atom stereocenters. The van der Waals surface area contributed by atoms with Gasteiger partial charge in [-0.3, -0.25) is 0 Å². The fourth-order valence-corrected chi connectivity index (χ4v) is 12.8. The average molecular weight is 533 g/mol. The number of hydrogen-bond donors (Lipinski definition) is 0. The Morgan fingerprint density at radius 3 is 0.714 bits per heavy atom. The summed E-state index contributed by atoms with van der Waals surface area (Å²) in [7, 11) is 0. The van der Waals surface area contributed by atoms with Crippen molar-refractivity contribution in [2.24, 2.45) is 0 Å². The maximum atomic E-state index is 7.90. The third-order valence-electron chi connectivity index (χ3n) is 8.53. The summed E-state index contributed by atoms with van der Waals surface area (Å²) in [6, 6.07) is 0. The van der Waals surface area contributed by atoms with E-state index < -0.39 is 5.96 Å². The van der Waals surface area contributed by atoms with Gasteiger partial charge in [-0.15, -0.1) is 0 Å². The molecule has 0 aliphatic carbocycles. The summed E-state index contributed by atoms with van der Waals surface area (Å²) >= 11 is 7.90. The van der Waals surface area contributed by atoms with Crippen LogP contribution in [0.3, 0.4) is 0 Å². The Kier molecular flexibility index (Phi) is 25.5. The van der Waals surface area contributed by atoms with Gasteiger partial charge >= 0.3 is 191 Å². The molecule has 0 saturated carbocycles. The number of hydrogen-bond acceptors (Lipinski definition) is 0. The van der Waals surface area contributed by atoms with Gasteiger partial charge < -0.3 is 0 Å². The number of unbranched alkanes of at least 4 members (excludes halogenated alkanes) is 21. The van der Waals surface area contributed by atoms with Crippen LogP contribution in [0, 0.1) is 0 Å². The molecule has 0 nitrogen and oxygen atoms in total. The second-order valence-electron chi connectivity index (χ2n) is 12.1. The van der Waals surface area contributed by atoms with Crippen molar-refractivity contribution >= 4 is 17.2 Å². The number of halogens is 1. The Hall–Kier alpha value is 0.720. The third kappa shape index (κ3) is 21.4. The van der Waals surface area contributed by atoms with Crippen molar-refractivity contribution in [3.63, 3.8) is 0 Å². The molecule has 0 N–H and O–H groups in total. The summed E-state index contributed by atoms with van der Waals surface area (Å²) in [6.45, 7) is 9.33. The molecule has 0 fully saturated rings. The Balaban J connectivity index is 4.11. The Labute approximate surface area is 229 Å². The molecule has 0 aliphatic rings. The van der Waals surface area contributed by atoms with Gasteiger partial charge in [-0.25, -0.2) is 0 Å². The van der Waals surface area contributed by atoms with Gasteiger partial charge in [0.05, 0.1) is 0 Å².